The molecule has 15 nitrogen and oxygen atoms in total. The number of aliphatic hydroxyl groups excluding tert-OH is 4. The van der Waals surface area contributed by atoms with E-state index in [4.69, 9.17) is 18.9 Å². The van der Waals surface area contributed by atoms with Crippen LogP contribution in [0.1, 0.15) is 6.92 Å². The van der Waals surface area contributed by atoms with Crippen LogP contribution in [-0.2, 0) is 43.5 Å². The van der Waals surface area contributed by atoms with Crippen LogP contribution in [0.5, 0.6) is 0 Å². The Morgan fingerprint density at radius 1 is 1.00 bits per heavy atom. The first-order valence-corrected chi connectivity index (χ1v) is 10.1. The number of hydrogen-bond donors (Lipinski definition) is 4. The molecule has 2 aliphatic rings. The van der Waals surface area contributed by atoms with E-state index < -0.39 is 84.8 Å². The Kier molecular flexibility index (Phi) is 9.28. The van der Waals surface area contributed by atoms with Crippen molar-refractivity contribution in [2.24, 2.45) is 5.92 Å². The van der Waals surface area contributed by atoms with Crippen molar-refractivity contribution in [2.45, 2.75) is 62.2 Å². The van der Waals surface area contributed by atoms with Gasteiger partial charge in [-0.2, -0.15) is 0 Å². The molecule has 178 valence electrons. The van der Waals surface area contributed by atoms with Gasteiger partial charge in [0.15, 0.2) is 18.7 Å². The van der Waals surface area contributed by atoms with Gasteiger partial charge in [-0.15, -0.1) is 0 Å². The molecule has 2 heterocycles. The third-order valence-electron chi connectivity index (χ3n) is 4.89. The molecule has 0 radical (unpaired) electrons. The molecule has 4 unspecified atom stereocenters. The fraction of sp³-hybridized carbons (Fsp3) is 1.00. The van der Waals surface area contributed by atoms with Crippen molar-refractivity contribution in [2.75, 3.05) is 20.3 Å². The molecule has 0 aromatic carbocycles. The Bertz CT molecular complexity index is 629. The molecule has 2 aliphatic heterocycles. The van der Waals surface area contributed by atoms with Gasteiger partial charge in [0.05, 0.1) is 19.3 Å². The van der Waals surface area contributed by atoms with E-state index in [-0.39, 0.29) is 0 Å². The second-order valence-electron chi connectivity index (χ2n) is 6.76. The zero-order chi connectivity index (χ0) is 22.6. The van der Waals surface area contributed by atoms with Crippen molar-refractivity contribution < 1.29 is 71.7 Å². The highest BCUT2D eigenvalue weighted by Crippen LogP contribution is 2.32. The maximum atomic E-state index is 10.8. The molecule has 0 aliphatic carbocycles. The minimum absolute atomic E-state index is 0.621. The lowest BCUT2D eigenvalue weighted by Crippen LogP contribution is -2.64. The van der Waals surface area contributed by atoms with Crippen LogP contribution in [0.3, 0.4) is 0 Å². The summed E-state index contributed by atoms with van der Waals surface area (Å²) < 4.78 is 57.6. The lowest BCUT2D eigenvalue weighted by atomic mass is 9.90. The lowest BCUT2D eigenvalue weighted by molar-refractivity contribution is -0.808. The Balaban J connectivity index is 2.25. The summed E-state index contributed by atoms with van der Waals surface area (Å²) in [6, 6.07) is 0. The van der Waals surface area contributed by atoms with Gasteiger partial charge in [-0.3, -0.25) is 9.22 Å². The molecular formula is C14H24O15S-2. The summed E-state index contributed by atoms with van der Waals surface area (Å²) in [6.45, 7) is -0.0967. The van der Waals surface area contributed by atoms with E-state index >= 15 is 0 Å². The minimum Gasteiger partial charge on any atom is -0.726 e. The number of ether oxygens (including phenoxy) is 4. The Morgan fingerprint density at radius 3 is 2.17 bits per heavy atom. The molecule has 2 fully saturated rings. The third kappa shape index (κ3) is 6.02. The van der Waals surface area contributed by atoms with Crippen LogP contribution in [0.2, 0.25) is 0 Å². The van der Waals surface area contributed by atoms with Gasteiger partial charge in [-0.1, -0.05) is 6.92 Å². The van der Waals surface area contributed by atoms with Crippen molar-refractivity contribution in [3.63, 3.8) is 0 Å². The molecule has 0 amide bonds. The Labute approximate surface area is 171 Å². The van der Waals surface area contributed by atoms with Crippen molar-refractivity contribution in [1.29, 1.82) is 0 Å². The van der Waals surface area contributed by atoms with Gasteiger partial charge < -0.3 is 49.2 Å². The summed E-state index contributed by atoms with van der Waals surface area (Å²) in [7, 11) is -4.03. The maximum Gasteiger partial charge on any atom is 0.217 e. The highest BCUT2D eigenvalue weighted by atomic mass is 32.3. The highest BCUT2D eigenvalue weighted by Gasteiger charge is 2.51. The first-order chi connectivity index (χ1) is 14.0. The summed E-state index contributed by atoms with van der Waals surface area (Å²) in [5.41, 5.74) is 0. The minimum atomic E-state index is -5.15. The van der Waals surface area contributed by atoms with Crippen molar-refractivity contribution in [3.8, 4) is 0 Å². The Morgan fingerprint density at radius 2 is 1.63 bits per heavy atom. The van der Waals surface area contributed by atoms with E-state index in [9.17, 15) is 38.7 Å². The second kappa shape index (κ2) is 10.8. The summed E-state index contributed by atoms with van der Waals surface area (Å²) in [5, 5.41) is 54.0. The fourth-order valence-electron chi connectivity index (χ4n) is 3.23. The normalized spacial score (nSPS) is 42.9. The molecule has 2 saturated heterocycles. The van der Waals surface area contributed by atoms with Gasteiger partial charge in [0.1, 0.15) is 30.5 Å². The third-order valence-corrected chi connectivity index (χ3v) is 5.32. The van der Waals surface area contributed by atoms with E-state index in [1.54, 1.807) is 0 Å². The quantitative estimate of drug-likeness (QED) is 0.109. The smallest absolute Gasteiger partial charge is 0.217 e. The largest absolute Gasteiger partial charge is 0.726 e. The van der Waals surface area contributed by atoms with Crippen LogP contribution in [0, 0.1) is 5.92 Å². The summed E-state index contributed by atoms with van der Waals surface area (Å²) in [6.07, 6.45) is -13.3. The molecule has 0 bridgehead atoms. The van der Waals surface area contributed by atoms with E-state index in [0.29, 0.717) is 0 Å². The number of rotatable bonds is 9. The number of aliphatic hydroxyl groups is 4. The van der Waals surface area contributed by atoms with Gasteiger partial charge in [0, 0.05) is 13.0 Å². The van der Waals surface area contributed by atoms with E-state index in [2.05, 4.69) is 14.1 Å². The van der Waals surface area contributed by atoms with E-state index in [1.807, 2.05) is 0 Å². The molecule has 10 atom stereocenters. The van der Waals surface area contributed by atoms with Crippen molar-refractivity contribution in [3.05, 3.63) is 0 Å². The van der Waals surface area contributed by atoms with Crippen molar-refractivity contribution in [1.82, 2.24) is 0 Å². The topological polar surface area (TPSA) is 226 Å². The maximum absolute atomic E-state index is 10.8. The molecule has 30 heavy (non-hydrogen) atoms. The number of hydrogen-bond acceptors (Lipinski definition) is 15. The van der Waals surface area contributed by atoms with Crippen LogP contribution in [-0.4, -0.2) is 109 Å². The number of methoxy groups -OCH3 is 1. The molecule has 0 aromatic rings. The average molecular weight is 464 g/mol. The zero-order valence-electron chi connectivity index (χ0n) is 15.9. The molecule has 0 spiro atoms. The first kappa shape index (κ1) is 25.7. The molecule has 2 rings (SSSR count). The summed E-state index contributed by atoms with van der Waals surface area (Å²) in [4.78, 5) is 4.38. The van der Waals surface area contributed by atoms with Crippen LogP contribution in [0.15, 0.2) is 0 Å². The van der Waals surface area contributed by atoms with E-state index in [1.165, 1.54) is 6.92 Å². The van der Waals surface area contributed by atoms with Crippen LogP contribution in [0.25, 0.3) is 0 Å². The zero-order valence-corrected chi connectivity index (χ0v) is 16.7. The first-order valence-electron chi connectivity index (χ1n) is 8.73. The SMILES string of the molecule is CO[C@H]1OC(COS(=O)(=O)[O-])[C@H](O[C@@H]2OC(CO)[C@H](O)[C@H](C)C2O)[C@H](O)C1OO[O-]. The average Bonchev–Trinajstić information content (AvgIpc) is 2.69. The molecule has 0 aromatic heterocycles. The highest BCUT2D eigenvalue weighted by molar-refractivity contribution is 7.80. The second-order valence-corrected chi connectivity index (χ2v) is 7.81. The lowest BCUT2D eigenvalue weighted by Gasteiger charge is -2.47. The standard InChI is InChI=1S/C14H26O15S/c1-5-8(16)6(3-15)25-13(9(5)17)27-11-7(4-24-30(20,21)22)26-14(23-2)12(10(11)18)28-29-19/h5-19H,3-4H2,1-2H3,(H,20,21,22)/p-2/t5-,6?,7?,8+,9?,10-,11-,12?,13-,14-/m0/s1. The predicted molar refractivity (Wildman–Crippen MR) is 85.1 cm³/mol. The summed E-state index contributed by atoms with van der Waals surface area (Å²) in [5.74, 6) is -0.831. The van der Waals surface area contributed by atoms with Gasteiger partial charge in [-0.25, -0.2) is 13.3 Å². The molecule has 0 saturated carbocycles. The van der Waals surface area contributed by atoms with Crippen LogP contribution >= 0.6 is 0 Å². The van der Waals surface area contributed by atoms with Crippen LogP contribution < -0.4 is 5.26 Å². The van der Waals surface area contributed by atoms with Crippen molar-refractivity contribution >= 4 is 10.4 Å². The van der Waals surface area contributed by atoms with Gasteiger partial charge in [-0.05, 0) is 0 Å². The fourth-order valence-corrected chi connectivity index (χ4v) is 3.53. The van der Waals surface area contributed by atoms with Gasteiger partial charge in [0.2, 0.25) is 10.4 Å². The van der Waals surface area contributed by atoms with Gasteiger partial charge in [0.25, 0.3) is 0 Å². The Hall–Kier alpha value is -0.570. The van der Waals surface area contributed by atoms with Crippen LogP contribution in [0.4, 0.5) is 0 Å². The van der Waals surface area contributed by atoms with Gasteiger partial charge >= 0.3 is 0 Å². The van der Waals surface area contributed by atoms with E-state index in [0.717, 1.165) is 7.11 Å². The molecular weight excluding hydrogens is 440 g/mol. The predicted octanol–water partition coefficient (Wildman–Crippen LogP) is -4.75. The molecule has 16 heteroatoms. The monoisotopic (exact) mass is 464 g/mol. The molecule has 4 N–H and O–H groups in total. The summed E-state index contributed by atoms with van der Waals surface area (Å²) >= 11 is 0.